The summed E-state index contributed by atoms with van der Waals surface area (Å²) in [6.07, 6.45) is 6.42. The summed E-state index contributed by atoms with van der Waals surface area (Å²) in [7, 11) is 6.09. The molecule has 0 aliphatic carbocycles. The molecule has 0 unspecified atom stereocenters. The van der Waals surface area contributed by atoms with Gasteiger partial charge in [-0.2, -0.15) is 0 Å². The number of guanidine groups is 1. The SMILES string of the molecule is CN=C(NCCCCCCCN(C)C)NCc1nc(C(C)C)cs1.I. The Kier molecular flexibility index (Phi) is 14.5. The highest BCUT2D eigenvalue weighted by molar-refractivity contribution is 14.0. The van der Waals surface area contributed by atoms with Crippen molar-refractivity contribution < 1.29 is 0 Å². The number of hydrogen-bond donors (Lipinski definition) is 2. The average molecular weight is 481 g/mol. The zero-order valence-corrected chi connectivity index (χ0v) is 19.6. The number of unbranched alkanes of at least 4 members (excludes halogenated alkanes) is 4. The van der Waals surface area contributed by atoms with E-state index in [1.807, 2.05) is 7.05 Å². The lowest BCUT2D eigenvalue weighted by molar-refractivity contribution is 0.389. The van der Waals surface area contributed by atoms with Crippen LogP contribution in [0.1, 0.15) is 62.6 Å². The number of rotatable bonds is 11. The molecule has 0 atom stereocenters. The van der Waals surface area contributed by atoms with Gasteiger partial charge in [0, 0.05) is 19.0 Å². The Bertz CT molecular complexity index is 474. The van der Waals surface area contributed by atoms with E-state index in [0.717, 1.165) is 24.1 Å². The van der Waals surface area contributed by atoms with Crippen molar-refractivity contribution in [3.8, 4) is 0 Å². The first-order valence-corrected chi connectivity index (χ1v) is 9.94. The van der Waals surface area contributed by atoms with E-state index >= 15 is 0 Å². The Morgan fingerprint density at radius 3 is 2.44 bits per heavy atom. The highest BCUT2D eigenvalue weighted by Crippen LogP contribution is 2.17. The van der Waals surface area contributed by atoms with Crippen LogP contribution < -0.4 is 10.6 Å². The van der Waals surface area contributed by atoms with Crippen LogP contribution in [0.5, 0.6) is 0 Å². The molecular formula is C18H36IN5S. The number of aliphatic imine (C=N–C) groups is 1. The normalized spacial score (nSPS) is 11.7. The molecule has 0 spiro atoms. The van der Waals surface area contributed by atoms with Crippen LogP contribution in [0.4, 0.5) is 0 Å². The molecule has 5 nitrogen and oxygen atoms in total. The highest BCUT2D eigenvalue weighted by Gasteiger charge is 2.06. The second-order valence-corrected chi connectivity index (χ2v) is 7.69. The van der Waals surface area contributed by atoms with E-state index in [9.17, 15) is 0 Å². The van der Waals surface area contributed by atoms with Gasteiger partial charge in [0.25, 0.3) is 0 Å². The monoisotopic (exact) mass is 481 g/mol. The van der Waals surface area contributed by atoms with Crippen LogP contribution in [-0.2, 0) is 6.54 Å². The lowest BCUT2D eigenvalue weighted by atomic mass is 10.1. The second-order valence-electron chi connectivity index (χ2n) is 6.74. The molecule has 0 aliphatic heterocycles. The van der Waals surface area contributed by atoms with E-state index in [1.54, 1.807) is 11.3 Å². The number of hydrogen-bond acceptors (Lipinski definition) is 4. The molecule has 0 bridgehead atoms. The molecule has 1 aromatic heterocycles. The first kappa shape index (κ1) is 24.6. The summed E-state index contributed by atoms with van der Waals surface area (Å²) in [5.41, 5.74) is 1.18. The Morgan fingerprint density at radius 1 is 1.16 bits per heavy atom. The van der Waals surface area contributed by atoms with Crippen LogP contribution in [0, 0.1) is 0 Å². The van der Waals surface area contributed by atoms with E-state index in [1.165, 1.54) is 44.3 Å². The summed E-state index contributed by atoms with van der Waals surface area (Å²) < 4.78 is 0. The molecule has 2 N–H and O–H groups in total. The predicted octanol–water partition coefficient (Wildman–Crippen LogP) is 4.06. The molecule has 1 aromatic rings. The molecule has 0 saturated heterocycles. The van der Waals surface area contributed by atoms with Crippen LogP contribution in [-0.4, -0.2) is 50.1 Å². The summed E-state index contributed by atoms with van der Waals surface area (Å²) in [5, 5.41) is 9.99. The van der Waals surface area contributed by atoms with Gasteiger partial charge in [-0.25, -0.2) is 4.98 Å². The molecular weight excluding hydrogens is 445 g/mol. The second kappa shape index (κ2) is 14.7. The quantitative estimate of drug-likeness (QED) is 0.217. The van der Waals surface area contributed by atoms with Gasteiger partial charge in [0.1, 0.15) is 5.01 Å². The molecule has 7 heteroatoms. The molecule has 0 saturated carbocycles. The molecule has 1 heterocycles. The van der Waals surface area contributed by atoms with Crippen LogP contribution in [0.3, 0.4) is 0 Å². The largest absolute Gasteiger partial charge is 0.356 e. The van der Waals surface area contributed by atoms with Crippen molar-refractivity contribution in [2.45, 2.75) is 58.4 Å². The molecule has 1 rings (SSSR count). The van der Waals surface area contributed by atoms with Crippen molar-refractivity contribution in [3.63, 3.8) is 0 Å². The van der Waals surface area contributed by atoms with Gasteiger partial charge in [0.2, 0.25) is 0 Å². The van der Waals surface area contributed by atoms with Gasteiger partial charge in [-0.05, 0) is 39.4 Å². The molecule has 25 heavy (non-hydrogen) atoms. The molecule has 0 fully saturated rings. The number of halogens is 1. The van der Waals surface area contributed by atoms with Crippen molar-refractivity contribution in [2.75, 3.05) is 34.2 Å². The summed E-state index contributed by atoms with van der Waals surface area (Å²) >= 11 is 1.71. The van der Waals surface area contributed by atoms with E-state index in [4.69, 9.17) is 0 Å². The summed E-state index contributed by atoms with van der Waals surface area (Å²) in [5.74, 6) is 1.36. The fraction of sp³-hybridized carbons (Fsp3) is 0.778. The van der Waals surface area contributed by atoms with Gasteiger partial charge in [-0.3, -0.25) is 4.99 Å². The third kappa shape index (κ3) is 11.8. The molecule has 0 aliphatic rings. The topological polar surface area (TPSA) is 52.6 Å². The lowest BCUT2D eigenvalue weighted by Crippen LogP contribution is -2.37. The molecule has 0 aromatic carbocycles. The predicted molar refractivity (Wildman–Crippen MR) is 121 cm³/mol. The summed E-state index contributed by atoms with van der Waals surface area (Å²) in [6.45, 7) is 7.26. The lowest BCUT2D eigenvalue weighted by Gasteiger charge is -2.11. The van der Waals surface area contributed by atoms with Crippen LogP contribution in [0.15, 0.2) is 10.4 Å². The highest BCUT2D eigenvalue weighted by atomic mass is 127. The van der Waals surface area contributed by atoms with E-state index in [0.29, 0.717) is 5.92 Å². The van der Waals surface area contributed by atoms with Gasteiger partial charge < -0.3 is 15.5 Å². The first-order chi connectivity index (χ1) is 11.5. The van der Waals surface area contributed by atoms with Crippen molar-refractivity contribution >= 4 is 41.3 Å². The van der Waals surface area contributed by atoms with Gasteiger partial charge in [0.05, 0.1) is 12.2 Å². The number of nitrogens with one attached hydrogen (secondary N) is 2. The Hall–Kier alpha value is -0.410. The molecule has 0 amide bonds. The number of thiazole rings is 1. The molecule has 146 valence electrons. The summed E-state index contributed by atoms with van der Waals surface area (Å²) in [6, 6.07) is 0. The maximum Gasteiger partial charge on any atom is 0.191 e. The zero-order chi connectivity index (χ0) is 17.8. The minimum Gasteiger partial charge on any atom is -0.356 e. The fourth-order valence-corrected chi connectivity index (χ4v) is 3.24. The third-order valence-electron chi connectivity index (χ3n) is 3.87. The Morgan fingerprint density at radius 2 is 1.84 bits per heavy atom. The standard InChI is InChI=1S/C18H35N5S.HI/c1-15(2)16-14-24-17(22-16)13-21-18(19-3)20-11-9-7-6-8-10-12-23(4)5;/h14-15H,6-13H2,1-5H3,(H2,19,20,21);1H. The van der Waals surface area contributed by atoms with E-state index in [2.05, 4.69) is 58.8 Å². The van der Waals surface area contributed by atoms with E-state index < -0.39 is 0 Å². The minimum atomic E-state index is 0. The zero-order valence-electron chi connectivity index (χ0n) is 16.5. The van der Waals surface area contributed by atoms with E-state index in [-0.39, 0.29) is 24.0 Å². The van der Waals surface area contributed by atoms with Crippen molar-refractivity contribution in [1.82, 2.24) is 20.5 Å². The number of aromatic nitrogens is 1. The van der Waals surface area contributed by atoms with Gasteiger partial charge in [-0.15, -0.1) is 35.3 Å². The maximum absolute atomic E-state index is 4.64. The van der Waals surface area contributed by atoms with Gasteiger partial charge >= 0.3 is 0 Å². The minimum absolute atomic E-state index is 0. The number of nitrogens with zero attached hydrogens (tertiary/aromatic N) is 3. The van der Waals surface area contributed by atoms with Crippen molar-refractivity contribution in [2.24, 2.45) is 4.99 Å². The van der Waals surface area contributed by atoms with Crippen molar-refractivity contribution in [3.05, 3.63) is 16.1 Å². The van der Waals surface area contributed by atoms with Crippen LogP contribution >= 0.6 is 35.3 Å². The van der Waals surface area contributed by atoms with Gasteiger partial charge in [-0.1, -0.05) is 33.1 Å². The summed E-state index contributed by atoms with van der Waals surface area (Å²) in [4.78, 5) is 11.2. The van der Waals surface area contributed by atoms with Gasteiger partial charge in [0.15, 0.2) is 5.96 Å². The molecule has 0 radical (unpaired) electrons. The fourth-order valence-electron chi connectivity index (χ4n) is 2.34. The maximum atomic E-state index is 4.64. The van der Waals surface area contributed by atoms with Crippen LogP contribution in [0.25, 0.3) is 0 Å². The average Bonchev–Trinajstić information content (AvgIpc) is 3.01. The first-order valence-electron chi connectivity index (χ1n) is 9.06. The van der Waals surface area contributed by atoms with Crippen molar-refractivity contribution in [1.29, 1.82) is 0 Å². The Labute approximate surface area is 175 Å². The third-order valence-corrected chi connectivity index (χ3v) is 4.73. The Balaban J connectivity index is 0.00000576. The smallest absolute Gasteiger partial charge is 0.191 e. The van der Waals surface area contributed by atoms with Crippen LogP contribution in [0.2, 0.25) is 0 Å².